The van der Waals surface area contributed by atoms with Crippen molar-refractivity contribution in [1.82, 2.24) is 24.6 Å². The molecule has 2 aliphatic rings. The molecule has 0 spiro atoms. The summed E-state index contributed by atoms with van der Waals surface area (Å²) in [5, 5.41) is 6.11. The highest BCUT2D eigenvalue weighted by atomic mass is 16.5. The zero-order chi connectivity index (χ0) is 23.8. The lowest BCUT2D eigenvalue weighted by atomic mass is 10.0. The monoisotopic (exact) mass is 465 g/mol. The molecule has 34 heavy (non-hydrogen) atoms. The smallest absolute Gasteiger partial charge is 0.259 e. The topological polar surface area (TPSA) is 83.5 Å². The van der Waals surface area contributed by atoms with Gasteiger partial charge in [-0.25, -0.2) is 0 Å². The summed E-state index contributed by atoms with van der Waals surface area (Å²) in [5.41, 5.74) is 3.09. The summed E-state index contributed by atoms with van der Waals surface area (Å²) in [7, 11) is 1.73. The van der Waals surface area contributed by atoms with Crippen LogP contribution >= 0.6 is 0 Å². The van der Waals surface area contributed by atoms with Crippen molar-refractivity contribution < 1.29 is 9.53 Å². The van der Waals surface area contributed by atoms with Gasteiger partial charge < -0.3 is 14.6 Å². The van der Waals surface area contributed by atoms with Crippen LogP contribution in [0.25, 0.3) is 21.8 Å². The lowest BCUT2D eigenvalue weighted by molar-refractivity contribution is 0.0490. The summed E-state index contributed by atoms with van der Waals surface area (Å²) >= 11 is 0. The SMILES string of the molecule is COCCCN1CCN(C(=O)c2cc3c(cc2C)[nH]c(=O)c2cnn(C4CCCC4)c23)C[C@H]1C. The van der Waals surface area contributed by atoms with Gasteiger partial charge in [-0.1, -0.05) is 12.8 Å². The van der Waals surface area contributed by atoms with Gasteiger partial charge >= 0.3 is 0 Å². The first-order chi connectivity index (χ1) is 16.5. The number of nitrogens with zero attached hydrogens (tertiary/aromatic N) is 4. The third-order valence-electron chi connectivity index (χ3n) is 7.65. The molecule has 1 aliphatic heterocycles. The summed E-state index contributed by atoms with van der Waals surface area (Å²) in [5.74, 6) is 0.0640. The van der Waals surface area contributed by atoms with E-state index in [4.69, 9.17) is 4.74 Å². The molecule has 1 amide bonds. The van der Waals surface area contributed by atoms with Gasteiger partial charge in [-0.15, -0.1) is 0 Å². The quantitative estimate of drug-likeness (QED) is 0.564. The Morgan fingerprint density at radius 2 is 2.00 bits per heavy atom. The average molecular weight is 466 g/mol. The minimum atomic E-state index is -0.122. The van der Waals surface area contributed by atoms with Crippen LogP contribution in [0, 0.1) is 6.92 Å². The number of pyridine rings is 1. The summed E-state index contributed by atoms with van der Waals surface area (Å²) in [4.78, 5) is 33.8. The number of nitrogens with one attached hydrogen (secondary N) is 1. The number of hydrogen-bond donors (Lipinski definition) is 1. The molecule has 8 nitrogen and oxygen atoms in total. The van der Waals surface area contributed by atoms with Crippen molar-refractivity contribution >= 4 is 27.7 Å². The molecule has 0 unspecified atom stereocenters. The molecule has 1 N–H and O–H groups in total. The predicted octanol–water partition coefficient (Wildman–Crippen LogP) is 3.48. The van der Waals surface area contributed by atoms with E-state index in [-0.39, 0.29) is 11.5 Å². The molecule has 1 saturated heterocycles. The Hall–Kier alpha value is -2.71. The van der Waals surface area contributed by atoms with Gasteiger partial charge in [-0.05, 0) is 50.8 Å². The number of methoxy groups -OCH3 is 1. The van der Waals surface area contributed by atoms with Crippen LogP contribution in [0.3, 0.4) is 0 Å². The number of H-pyrrole nitrogens is 1. The number of fused-ring (bicyclic) bond motifs is 3. The molecule has 1 aliphatic carbocycles. The molecule has 1 saturated carbocycles. The number of ether oxygens (including phenoxy) is 1. The second-order valence-corrected chi connectivity index (χ2v) is 9.94. The first kappa shape index (κ1) is 23.1. The normalized spacial score (nSPS) is 20.1. The molecule has 1 atom stereocenters. The number of carbonyl (C=O) groups is 1. The second-order valence-electron chi connectivity index (χ2n) is 9.94. The Bertz CT molecular complexity index is 1260. The molecule has 1 aromatic carbocycles. The number of benzene rings is 1. The van der Waals surface area contributed by atoms with Gasteiger partial charge in [0.15, 0.2) is 0 Å². The van der Waals surface area contributed by atoms with E-state index < -0.39 is 0 Å². The van der Waals surface area contributed by atoms with Gasteiger partial charge in [0.25, 0.3) is 11.5 Å². The van der Waals surface area contributed by atoms with Gasteiger partial charge in [0.1, 0.15) is 0 Å². The van der Waals surface area contributed by atoms with E-state index in [1.54, 1.807) is 13.3 Å². The van der Waals surface area contributed by atoms with Gasteiger partial charge in [-0.2, -0.15) is 5.10 Å². The third-order valence-corrected chi connectivity index (χ3v) is 7.65. The number of rotatable bonds is 6. The molecule has 8 heteroatoms. The largest absolute Gasteiger partial charge is 0.385 e. The lowest BCUT2D eigenvalue weighted by Crippen LogP contribution is -2.53. The first-order valence-electron chi connectivity index (χ1n) is 12.5. The van der Waals surface area contributed by atoms with E-state index in [1.807, 2.05) is 28.6 Å². The van der Waals surface area contributed by atoms with Gasteiger partial charge in [0, 0.05) is 56.9 Å². The number of carbonyl (C=O) groups excluding carboxylic acids is 1. The fourth-order valence-corrected chi connectivity index (χ4v) is 5.74. The van der Waals surface area contributed by atoms with Gasteiger partial charge in [-0.3, -0.25) is 19.2 Å². The minimum absolute atomic E-state index is 0.0640. The van der Waals surface area contributed by atoms with E-state index in [9.17, 15) is 9.59 Å². The zero-order valence-corrected chi connectivity index (χ0v) is 20.5. The summed E-state index contributed by atoms with van der Waals surface area (Å²) in [6.07, 6.45) is 7.21. The van der Waals surface area contributed by atoms with Crippen LogP contribution in [-0.2, 0) is 4.74 Å². The molecule has 3 heterocycles. The van der Waals surface area contributed by atoms with E-state index in [0.29, 0.717) is 36.1 Å². The van der Waals surface area contributed by atoms with Crippen molar-refractivity contribution in [2.24, 2.45) is 0 Å². The van der Waals surface area contributed by atoms with Crippen LogP contribution in [0.5, 0.6) is 0 Å². The Morgan fingerprint density at radius 1 is 1.21 bits per heavy atom. The molecule has 0 bridgehead atoms. The molecule has 182 valence electrons. The Kier molecular flexibility index (Phi) is 6.44. The van der Waals surface area contributed by atoms with Crippen LogP contribution in [0.2, 0.25) is 0 Å². The highest BCUT2D eigenvalue weighted by molar-refractivity contribution is 6.07. The third kappa shape index (κ3) is 4.14. The number of amides is 1. The molecule has 5 rings (SSSR count). The van der Waals surface area contributed by atoms with Crippen LogP contribution in [0.4, 0.5) is 0 Å². The maximum absolute atomic E-state index is 13.7. The molecule has 0 radical (unpaired) electrons. The maximum atomic E-state index is 13.7. The zero-order valence-electron chi connectivity index (χ0n) is 20.5. The maximum Gasteiger partial charge on any atom is 0.259 e. The number of aryl methyl sites for hydroxylation is 1. The Morgan fingerprint density at radius 3 is 2.74 bits per heavy atom. The second kappa shape index (κ2) is 9.50. The summed E-state index contributed by atoms with van der Waals surface area (Å²) in [6, 6.07) is 4.55. The van der Waals surface area contributed by atoms with Crippen LogP contribution in [0.1, 0.15) is 61.0 Å². The van der Waals surface area contributed by atoms with Gasteiger partial charge in [0.05, 0.1) is 28.7 Å². The summed E-state index contributed by atoms with van der Waals surface area (Å²) < 4.78 is 7.22. The van der Waals surface area contributed by atoms with Crippen molar-refractivity contribution in [3.05, 3.63) is 39.8 Å². The molecule has 2 aromatic heterocycles. The average Bonchev–Trinajstić information content (AvgIpc) is 3.50. The predicted molar refractivity (Wildman–Crippen MR) is 134 cm³/mol. The van der Waals surface area contributed by atoms with Crippen molar-refractivity contribution in [2.75, 3.05) is 39.9 Å². The number of aromatic nitrogens is 3. The van der Waals surface area contributed by atoms with Crippen molar-refractivity contribution in [3.8, 4) is 0 Å². The van der Waals surface area contributed by atoms with Crippen molar-refractivity contribution in [2.45, 2.75) is 58.0 Å². The number of piperazine rings is 1. The minimum Gasteiger partial charge on any atom is -0.385 e. The molecular weight excluding hydrogens is 430 g/mol. The fraction of sp³-hybridized carbons (Fsp3) is 0.577. The fourth-order valence-electron chi connectivity index (χ4n) is 5.74. The lowest BCUT2D eigenvalue weighted by Gasteiger charge is -2.40. The van der Waals surface area contributed by atoms with Crippen molar-refractivity contribution in [1.29, 1.82) is 0 Å². The molecular formula is C26H35N5O3. The molecule has 2 fully saturated rings. The Labute approximate surface area is 199 Å². The van der Waals surface area contributed by atoms with E-state index in [1.165, 1.54) is 12.8 Å². The number of aromatic amines is 1. The van der Waals surface area contributed by atoms with E-state index in [2.05, 4.69) is 21.9 Å². The highest BCUT2D eigenvalue weighted by Gasteiger charge is 2.28. The van der Waals surface area contributed by atoms with Crippen LogP contribution < -0.4 is 5.56 Å². The first-order valence-corrected chi connectivity index (χ1v) is 12.5. The van der Waals surface area contributed by atoms with Crippen LogP contribution in [0.15, 0.2) is 23.1 Å². The molecule has 3 aromatic rings. The van der Waals surface area contributed by atoms with Crippen LogP contribution in [-0.4, -0.2) is 76.4 Å². The summed E-state index contributed by atoms with van der Waals surface area (Å²) in [6.45, 7) is 8.19. The van der Waals surface area contributed by atoms with E-state index in [0.717, 1.165) is 60.9 Å². The number of hydrogen-bond acceptors (Lipinski definition) is 5. The standard InChI is InChI=1S/C26H35N5O3/c1-17-13-23-21(24-22(25(32)28-23)15-27-31(24)19-7-4-5-8-19)14-20(17)26(33)30-11-10-29(18(2)16-30)9-6-12-34-3/h13-15,18-19H,4-12,16H2,1-3H3,(H,28,32)/t18-/m1/s1. The Balaban J connectivity index is 1.48. The van der Waals surface area contributed by atoms with Crippen molar-refractivity contribution in [3.63, 3.8) is 0 Å². The van der Waals surface area contributed by atoms with Gasteiger partial charge in [0.2, 0.25) is 0 Å². The van der Waals surface area contributed by atoms with E-state index >= 15 is 0 Å². The highest BCUT2D eigenvalue weighted by Crippen LogP contribution is 2.34.